The number of likely N-dealkylation sites (tertiary alicyclic amines) is 1. The summed E-state index contributed by atoms with van der Waals surface area (Å²) < 4.78 is 5.59. The Balaban J connectivity index is 1.71. The maximum absolute atomic E-state index is 12.2. The number of hydrogen-bond acceptors (Lipinski definition) is 7. The molecule has 150 valence electrons. The number of carbonyl (C=O) groups is 2. The van der Waals surface area contributed by atoms with Gasteiger partial charge in [0.05, 0.1) is 11.8 Å². The second-order valence-electron chi connectivity index (χ2n) is 6.55. The number of fused-ring (bicyclic) bond motifs is 1. The van der Waals surface area contributed by atoms with Gasteiger partial charge < -0.3 is 20.4 Å². The number of nitrogens with one attached hydrogen (secondary N) is 3. The Hall–Kier alpha value is -2.78. The van der Waals surface area contributed by atoms with Crippen LogP contribution in [0.1, 0.15) is 30.6 Å². The predicted octanol–water partition coefficient (Wildman–Crippen LogP) is 1.31. The summed E-state index contributed by atoms with van der Waals surface area (Å²) in [4.78, 5) is 38.1. The molecule has 0 radical (unpaired) electrons. The van der Waals surface area contributed by atoms with Crippen molar-refractivity contribution in [2.24, 2.45) is 0 Å². The molecule has 1 unspecified atom stereocenters. The molecule has 0 bridgehead atoms. The molecule has 0 spiro atoms. The van der Waals surface area contributed by atoms with Gasteiger partial charge in [-0.15, -0.1) is 0 Å². The number of aromatic nitrogens is 3. The van der Waals surface area contributed by atoms with E-state index in [1.807, 2.05) is 18.7 Å². The lowest BCUT2D eigenvalue weighted by Gasteiger charge is -2.25. The molecule has 2 aromatic heterocycles. The molecule has 1 aliphatic heterocycles. The Bertz CT molecular complexity index is 864. The van der Waals surface area contributed by atoms with E-state index in [2.05, 4.69) is 32.2 Å². The van der Waals surface area contributed by atoms with Crippen molar-refractivity contribution in [1.29, 1.82) is 0 Å². The molecule has 28 heavy (non-hydrogen) atoms. The monoisotopic (exact) mass is 386 g/mol. The lowest BCUT2D eigenvalue weighted by Crippen LogP contribution is -2.42. The number of ether oxygens (including phenoxy) is 1. The average Bonchev–Trinajstić information content (AvgIpc) is 3.32. The van der Waals surface area contributed by atoms with Gasteiger partial charge in [-0.05, 0) is 26.3 Å². The van der Waals surface area contributed by atoms with Gasteiger partial charge in [0.2, 0.25) is 0 Å². The standard InChI is InChI=1S/C19H26N6O3/c1-4-14(26)19(28-6-3)25-8-7-12(11-25)23-15-10-22-17-16(24-15)13(9-21-17)18(27)20-5-2/h4,9-10,12,19H,1,5-8,11H2,2-3H3,(H,20,27)(H,21,22)(H,23,24)/t12-,19?/m1/s1. The zero-order valence-electron chi connectivity index (χ0n) is 16.2. The second kappa shape index (κ2) is 8.94. The molecular formula is C19H26N6O3. The number of anilines is 1. The summed E-state index contributed by atoms with van der Waals surface area (Å²) in [6, 6.07) is 0.0965. The number of aromatic amines is 1. The highest BCUT2D eigenvalue weighted by Crippen LogP contribution is 2.20. The van der Waals surface area contributed by atoms with Gasteiger partial charge in [0.15, 0.2) is 17.7 Å². The molecule has 0 aromatic carbocycles. The first-order valence-corrected chi connectivity index (χ1v) is 9.48. The molecule has 9 nitrogen and oxygen atoms in total. The fourth-order valence-corrected chi connectivity index (χ4v) is 3.34. The van der Waals surface area contributed by atoms with Crippen LogP contribution in [0.2, 0.25) is 0 Å². The number of ketones is 1. The summed E-state index contributed by atoms with van der Waals surface area (Å²) in [6.45, 7) is 9.65. The van der Waals surface area contributed by atoms with Gasteiger partial charge in [0.25, 0.3) is 5.91 Å². The summed E-state index contributed by atoms with van der Waals surface area (Å²) >= 11 is 0. The third-order valence-corrected chi connectivity index (χ3v) is 4.64. The summed E-state index contributed by atoms with van der Waals surface area (Å²) in [5, 5.41) is 6.12. The first-order chi connectivity index (χ1) is 13.6. The van der Waals surface area contributed by atoms with Crippen molar-refractivity contribution in [3.8, 4) is 0 Å². The van der Waals surface area contributed by atoms with E-state index < -0.39 is 6.23 Å². The average molecular weight is 386 g/mol. The number of hydrogen-bond donors (Lipinski definition) is 3. The van der Waals surface area contributed by atoms with Crippen LogP contribution in [0.5, 0.6) is 0 Å². The van der Waals surface area contributed by atoms with Crippen LogP contribution >= 0.6 is 0 Å². The normalized spacial score (nSPS) is 18.1. The maximum Gasteiger partial charge on any atom is 0.255 e. The number of amides is 1. The third kappa shape index (κ3) is 4.20. The SMILES string of the molecule is C=CC(=O)C(OCC)N1CC[C@@H](Nc2cnc3[nH]cc(C(=O)NCC)c3n2)C1. The predicted molar refractivity (Wildman–Crippen MR) is 106 cm³/mol. The first-order valence-electron chi connectivity index (χ1n) is 9.48. The largest absolute Gasteiger partial charge is 0.365 e. The molecule has 3 N–H and O–H groups in total. The minimum absolute atomic E-state index is 0.0965. The third-order valence-electron chi connectivity index (χ3n) is 4.64. The topological polar surface area (TPSA) is 112 Å². The fraction of sp³-hybridized carbons (Fsp3) is 0.474. The number of rotatable bonds is 9. The molecule has 3 rings (SSSR count). The van der Waals surface area contributed by atoms with Crippen LogP contribution < -0.4 is 10.6 Å². The molecule has 3 heterocycles. The van der Waals surface area contributed by atoms with E-state index in [4.69, 9.17) is 4.74 Å². The van der Waals surface area contributed by atoms with Crippen LogP contribution in [0.4, 0.5) is 5.82 Å². The van der Waals surface area contributed by atoms with Crippen molar-refractivity contribution < 1.29 is 14.3 Å². The van der Waals surface area contributed by atoms with Crippen molar-refractivity contribution in [3.63, 3.8) is 0 Å². The lowest BCUT2D eigenvalue weighted by atomic mass is 10.2. The summed E-state index contributed by atoms with van der Waals surface area (Å²) in [6.07, 6.45) is 4.79. The molecule has 1 amide bonds. The Labute approximate surface area is 163 Å². The van der Waals surface area contributed by atoms with E-state index in [-0.39, 0.29) is 17.7 Å². The van der Waals surface area contributed by atoms with E-state index in [0.29, 0.717) is 42.2 Å². The van der Waals surface area contributed by atoms with Crippen molar-refractivity contribution in [3.05, 3.63) is 30.6 Å². The van der Waals surface area contributed by atoms with Crippen molar-refractivity contribution in [2.45, 2.75) is 32.5 Å². The van der Waals surface area contributed by atoms with Crippen LogP contribution in [-0.4, -0.2) is 70.1 Å². The molecule has 1 saturated heterocycles. The molecule has 2 aromatic rings. The highest BCUT2D eigenvalue weighted by molar-refractivity contribution is 6.04. The first kappa shape index (κ1) is 20.0. The summed E-state index contributed by atoms with van der Waals surface area (Å²) in [7, 11) is 0. The van der Waals surface area contributed by atoms with Crippen LogP contribution in [-0.2, 0) is 9.53 Å². The van der Waals surface area contributed by atoms with Gasteiger partial charge in [-0.25, -0.2) is 9.97 Å². The van der Waals surface area contributed by atoms with Crippen LogP contribution in [0.15, 0.2) is 25.0 Å². The van der Waals surface area contributed by atoms with E-state index >= 15 is 0 Å². The highest BCUT2D eigenvalue weighted by Gasteiger charge is 2.32. The van der Waals surface area contributed by atoms with Crippen LogP contribution in [0, 0.1) is 0 Å². The molecule has 0 saturated carbocycles. The quantitative estimate of drug-likeness (QED) is 0.557. The second-order valence-corrected chi connectivity index (χ2v) is 6.55. The molecule has 0 aliphatic carbocycles. The Morgan fingerprint density at radius 3 is 3.04 bits per heavy atom. The van der Waals surface area contributed by atoms with Crippen molar-refractivity contribution >= 4 is 28.7 Å². The highest BCUT2D eigenvalue weighted by atomic mass is 16.5. The zero-order valence-corrected chi connectivity index (χ0v) is 16.2. The molecule has 1 fully saturated rings. The van der Waals surface area contributed by atoms with Gasteiger partial charge in [-0.2, -0.15) is 0 Å². The van der Waals surface area contributed by atoms with E-state index in [1.165, 1.54) is 6.08 Å². The Morgan fingerprint density at radius 1 is 1.50 bits per heavy atom. The zero-order chi connectivity index (χ0) is 20.1. The number of nitrogens with zero attached hydrogens (tertiary/aromatic N) is 3. The number of H-pyrrole nitrogens is 1. The van der Waals surface area contributed by atoms with E-state index in [9.17, 15) is 9.59 Å². The maximum atomic E-state index is 12.2. The van der Waals surface area contributed by atoms with Gasteiger partial charge >= 0.3 is 0 Å². The molecule has 1 aliphatic rings. The van der Waals surface area contributed by atoms with Gasteiger partial charge in [0.1, 0.15) is 11.3 Å². The lowest BCUT2D eigenvalue weighted by molar-refractivity contribution is -0.137. The summed E-state index contributed by atoms with van der Waals surface area (Å²) in [5.74, 6) is 0.268. The van der Waals surface area contributed by atoms with Gasteiger partial charge in [0, 0.05) is 38.5 Å². The summed E-state index contributed by atoms with van der Waals surface area (Å²) in [5.41, 5.74) is 1.56. The Morgan fingerprint density at radius 2 is 2.32 bits per heavy atom. The van der Waals surface area contributed by atoms with E-state index in [0.717, 1.165) is 13.0 Å². The minimum Gasteiger partial charge on any atom is -0.365 e. The smallest absolute Gasteiger partial charge is 0.255 e. The van der Waals surface area contributed by atoms with E-state index in [1.54, 1.807) is 12.4 Å². The van der Waals surface area contributed by atoms with Gasteiger partial charge in [-0.3, -0.25) is 14.5 Å². The van der Waals surface area contributed by atoms with Crippen molar-refractivity contribution in [1.82, 2.24) is 25.2 Å². The van der Waals surface area contributed by atoms with Gasteiger partial charge in [-0.1, -0.05) is 6.58 Å². The van der Waals surface area contributed by atoms with Crippen molar-refractivity contribution in [2.75, 3.05) is 31.6 Å². The van der Waals surface area contributed by atoms with Crippen LogP contribution in [0.25, 0.3) is 11.2 Å². The molecular weight excluding hydrogens is 360 g/mol. The molecule has 2 atom stereocenters. The van der Waals surface area contributed by atoms with Crippen LogP contribution in [0.3, 0.4) is 0 Å². The fourth-order valence-electron chi connectivity index (χ4n) is 3.34. The Kier molecular flexibility index (Phi) is 6.37. The minimum atomic E-state index is -0.600. The molecule has 9 heteroatoms. The number of carbonyl (C=O) groups excluding carboxylic acids is 2.